The molecule has 1 aromatic rings. The Balaban J connectivity index is 2.54. The van der Waals surface area contributed by atoms with E-state index in [9.17, 15) is 4.79 Å². The van der Waals surface area contributed by atoms with Crippen LogP contribution in [0.3, 0.4) is 0 Å². The third-order valence-corrected chi connectivity index (χ3v) is 2.54. The molecule has 0 aliphatic carbocycles. The van der Waals surface area contributed by atoms with Gasteiger partial charge in [-0.25, -0.2) is 4.79 Å². The molecular formula is C12H18ClN3O. The summed E-state index contributed by atoms with van der Waals surface area (Å²) >= 11 is 5.96. The number of nitrogens with one attached hydrogen (secondary N) is 2. The number of aryl methyl sites for hydroxylation is 1. The molecule has 0 atom stereocenters. The number of benzene rings is 1. The van der Waals surface area contributed by atoms with Crippen molar-refractivity contribution in [2.24, 2.45) is 5.73 Å². The lowest BCUT2D eigenvalue weighted by Gasteiger charge is -2.19. The van der Waals surface area contributed by atoms with E-state index in [4.69, 9.17) is 17.3 Å². The number of hydrogen-bond acceptors (Lipinski definition) is 2. The number of rotatable bonds is 3. The second-order valence-corrected chi connectivity index (χ2v) is 5.17. The highest BCUT2D eigenvalue weighted by Gasteiger charge is 2.12. The average Bonchev–Trinajstić information content (AvgIpc) is 2.20. The van der Waals surface area contributed by atoms with Crippen molar-refractivity contribution < 1.29 is 4.79 Å². The summed E-state index contributed by atoms with van der Waals surface area (Å²) in [5.74, 6) is 0. The van der Waals surface area contributed by atoms with Crippen molar-refractivity contribution in [3.05, 3.63) is 28.8 Å². The molecule has 1 rings (SSSR count). The van der Waals surface area contributed by atoms with E-state index in [1.807, 2.05) is 26.8 Å². The molecule has 0 aliphatic heterocycles. The number of nitrogens with two attached hydrogens (primary N) is 1. The Labute approximate surface area is 107 Å². The Hall–Kier alpha value is -1.26. The molecule has 5 heteroatoms. The minimum absolute atomic E-state index is 0.288. The molecule has 0 bridgehead atoms. The Morgan fingerprint density at radius 1 is 1.47 bits per heavy atom. The summed E-state index contributed by atoms with van der Waals surface area (Å²) in [5.41, 5.74) is 6.96. The summed E-state index contributed by atoms with van der Waals surface area (Å²) < 4.78 is 0. The van der Waals surface area contributed by atoms with E-state index in [2.05, 4.69) is 10.6 Å². The van der Waals surface area contributed by atoms with Crippen LogP contribution in [0, 0.1) is 6.92 Å². The molecule has 1 aromatic carbocycles. The smallest absolute Gasteiger partial charge is 0.319 e. The summed E-state index contributed by atoms with van der Waals surface area (Å²) in [6.45, 7) is 5.99. The van der Waals surface area contributed by atoms with Crippen molar-refractivity contribution >= 4 is 23.3 Å². The van der Waals surface area contributed by atoms with E-state index in [1.54, 1.807) is 12.1 Å². The Bertz CT molecular complexity index is 413. The van der Waals surface area contributed by atoms with E-state index >= 15 is 0 Å². The first kappa shape index (κ1) is 13.8. The van der Waals surface area contributed by atoms with Gasteiger partial charge in [-0.1, -0.05) is 17.7 Å². The summed E-state index contributed by atoms with van der Waals surface area (Å²) in [5, 5.41) is 6.01. The van der Waals surface area contributed by atoms with Crippen molar-refractivity contribution in [1.82, 2.24) is 5.32 Å². The first-order valence-electron chi connectivity index (χ1n) is 5.38. The maximum absolute atomic E-state index is 11.5. The van der Waals surface area contributed by atoms with Crippen LogP contribution in [0.15, 0.2) is 18.2 Å². The molecular weight excluding hydrogens is 238 g/mol. The third-order valence-electron chi connectivity index (χ3n) is 2.13. The van der Waals surface area contributed by atoms with Crippen LogP contribution >= 0.6 is 11.6 Å². The molecule has 94 valence electrons. The van der Waals surface area contributed by atoms with Crippen LogP contribution in [0.4, 0.5) is 10.5 Å². The number of halogens is 1. The zero-order valence-corrected chi connectivity index (χ0v) is 11.1. The van der Waals surface area contributed by atoms with Gasteiger partial charge in [-0.2, -0.15) is 0 Å². The molecule has 17 heavy (non-hydrogen) atoms. The number of carbonyl (C=O) groups is 1. The maximum Gasteiger partial charge on any atom is 0.319 e. The lowest BCUT2D eigenvalue weighted by molar-refractivity contribution is 0.250. The average molecular weight is 256 g/mol. The van der Waals surface area contributed by atoms with Crippen LogP contribution in [0.5, 0.6) is 0 Å². The van der Waals surface area contributed by atoms with Crippen LogP contribution in [0.2, 0.25) is 5.02 Å². The predicted octanol–water partition coefficient (Wildman–Crippen LogP) is 2.51. The monoisotopic (exact) mass is 255 g/mol. The molecule has 0 aromatic heterocycles. The van der Waals surface area contributed by atoms with E-state index in [-0.39, 0.29) is 6.03 Å². The number of urea groups is 1. The van der Waals surface area contributed by atoms with Crippen molar-refractivity contribution in [3.63, 3.8) is 0 Å². The number of anilines is 1. The van der Waals surface area contributed by atoms with Gasteiger partial charge in [0.25, 0.3) is 0 Å². The molecule has 0 saturated heterocycles. The lowest BCUT2D eigenvalue weighted by Crippen LogP contribution is -2.46. The second kappa shape index (κ2) is 5.38. The van der Waals surface area contributed by atoms with Gasteiger partial charge in [0.05, 0.1) is 0 Å². The van der Waals surface area contributed by atoms with Crippen LogP contribution in [0.25, 0.3) is 0 Å². The lowest BCUT2D eigenvalue weighted by atomic mass is 10.1. The molecule has 4 nitrogen and oxygen atoms in total. The fraction of sp³-hybridized carbons (Fsp3) is 0.417. The normalized spacial score (nSPS) is 11.1. The number of carbonyl (C=O) groups excluding carboxylic acids is 1. The van der Waals surface area contributed by atoms with Crippen molar-refractivity contribution in [2.75, 3.05) is 11.9 Å². The van der Waals surface area contributed by atoms with Crippen molar-refractivity contribution in [2.45, 2.75) is 26.3 Å². The van der Waals surface area contributed by atoms with Gasteiger partial charge in [-0.15, -0.1) is 0 Å². The third kappa shape index (κ3) is 5.06. The summed E-state index contributed by atoms with van der Waals surface area (Å²) in [7, 11) is 0. The summed E-state index contributed by atoms with van der Waals surface area (Å²) in [4.78, 5) is 11.5. The zero-order valence-electron chi connectivity index (χ0n) is 10.3. The highest BCUT2D eigenvalue weighted by atomic mass is 35.5. The van der Waals surface area contributed by atoms with Crippen LogP contribution < -0.4 is 16.4 Å². The fourth-order valence-corrected chi connectivity index (χ4v) is 1.33. The summed E-state index contributed by atoms with van der Waals surface area (Å²) in [6.07, 6.45) is 0. The van der Waals surface area contributed by atoms with Crippen LogP contribution in [0.1, 0.15) is 19.4 Å². The van der Waals surface area contributed by atoms with E-state index in [0.717, 1.165) is 5.56 Å². The topological polar surface area (TPSA) is 67.2 Å². The Morgan fingerprint density at radius 3 is 2.65 bits per heavy atom. The highest BCUT2D eigenvalue weighted by Crippen LogP contribution is 2.19. The van der Waals surface area contributed by atoms with Gasteiger partial charge in [-0.05, 0) is 38.5 Å². The minimum atomic E-state index is -0.428. The molecule has 0 unspecified atom stereocenters. The molecule has 0 aliphatic rings. The van der Waals surface area contributed by atoms with Gasteiger partial charge >= 0.3 is 6.03 Å². The molecule has 4 N–H and O–H groups in total. The minimum Gasteiger partial charge on any atom is -0.336 e. The number of amides is 2. The largest absolute Gasteiger partial charge is 0.336 e. The van der Waals surface area contributed by atoms with Gasteiger partial charge in [0.15, 0.2) is 0 Å². The Morgan fingerprint density at radius 2 is 2.12 bits per heavy atom. The number of hydrogen-bond donors (Lipinski definition) is 3. The van der Waals surface area contributed by atoms with Gasteiger partial charge in [0.2, 0.25) is 0 Å². The second-order valence-electron chi connectivity index (χ2n) is 4.76. The molecule has 0 saturated carbocycles. The van der Waals surface area contributed by atoms with E-state index in [0.29, 0.717) is 17.3 Å². The Kier molecular flexibility index (Phi) is 4.37. The first-order valence-corrected chi connectivity index (χ1v) is 5.75. The SMILES string of the molecule is Cc1ccc(NC(=O)NCC(C)(C)N)cc1Cl. The quantitative estimate of drug-likeness (QED) is 0.777. The maximum atomic E-state index is 11.5. The summed E-state index contributed by atoms with van der Waals surface area (Å²) in [6, 6.07) is 5.08. The molecule has 0 spiro atoms. The molecule has 2 amide bonds. The van der Waals surface area contributed by atoms with Crippen molar-refractivity contribution in [3.8, 4) is 0 Å². The predicted molar refractivity (Wildman–Crippen MR) is 71.5 cm³/mol. The van der Waals surface area contributed by atoms with Crippen molar-refractivity contribution in [1.29, 1.82) is 0 Å². The fourth-order valence-electron chi connectivity index (χ4n) is 1.15. The van der Waals surface area contributed by atoms with E-state index in [1.165, 1.54) is 0 Å². The van der Waals surface area contributed by atoms with Crippen LogP contribution in [-0.2, 0) is 0 Å². The van der Waals surface area contributed by atoms with Gasteiger partial charge in [-0.3, -0.25) is 0 Å². The van der Waals surface area contributed by atoms with Crippen LogP contribution in [-0.4, -0.2) is 18.1 Å². The molecule has 0 heterocycles. The molecule has 0 fully saturated rings. The zero-order chi connectivity index (χ0) is 13.1. The van der Waals surface area contributed by atoms with Gasteiger partial charge in [0.1, 0.15) is 0 Å². The standard InChI is InChI=1S/C12H18ClN3O/c1-8-4-5-9(6-10(8)13)16-11(17)15-7-12(2,3)14/h4-6H,7,14H2,1-3H3,(H2,15,16,17). The van der Waals surface area contributed by atoms with E-state index < -0.39 is 5.54 Å². The first-order chi connectivity index (χ1) is 7.78. The van der Waals surface area contributed by atoms with Gasteiger partial charge in [0, 0.05) is 22.8 Å². The highest BCUT2D eigenvalue weighted by molar-refractivity contribution is 6.31. The molecule has 0 radical (unpaired) electrons. The van der Waals surface area contributed by atoms with Gasteiger partial charge < -0.3 is 16.4 Å².